The smallest absolute Gasteiger partial charge is 0.359 e. The number of ether oxygens (including phenoxy) is 1. The molecule has 0 radical (unpaired) electrons. The number of amides is 1. The first kappa shape index (κ1) is 15.9. The van der Waals surface area contributed by atoms with Gasteiger partial charge in [0, 0.05) is 6.20 Å². The van der Waals surface area contributed by atoms with Gasteiger partial charge in [0.2, 0.25) is 5.95 Å². The molecule has 22 heavy (non-hydrogen) atoms. The minimum absolute atomic E-state index is 0.00638. The average molecular weight is 315 g/mol. The Balaban J connectivity index is 1.94. The molecular formula is C12H12F3N5O2. The zero-order chi connectivity index (χ0) is 16.2. The normalized spacial score (nSPS) is 12.9. The summed E-state index contributed by atoms with van der Waals surface area (Å²) < 4.78 is 40.4. The van der Waals surface area contributed by atoms with E-state index in [9.17, 15) is 18.0 Å². The van der Waals surface area contributed by atoms with Crippen molar-refractivity contribution >= 4 is 11.9 Å². The van der Waals surface area contributed by atoms with Crippen molar-refractivity contribution < 1.29 is 22.7 Å². The number of hydrogen-bond donors (Lipinski definition) is 2. The maximum absolute atomic E-state index is 12.0. The van der Waals surface area contributed by atoms with Crippen molar-refractivity contribution in [2.75, 3.05) is 11.9 Å². The number of rotatable bonds is 5. The van der Waals surface area contributed by atoms with E-state index in [0.29, 0.717) is 11.5 Å². The second kappa shape index (κ2) is 6.52. The average Bonchev–Trinajstić information content (AvgIpc) is 2.93. The molecule has 0 bridgehead atoms. The van der Waals surface area contributed by atoms with E-state index in [-0.39, 0.29) is 5.95 Å². The van der Waals surface area contributed by atoms with Crippen LogP contribution in [0.2, 0.25) is 0 Å². The fraction of sp³-hybridized carbons (Fsp3) is 0.333. The molecule has 2 aromatic heterocycles. The van der Waals surface area contributed by atoms with Gasteiger partial charge in [0.05, 0.1) is 0 Å². The van der Waals surface area contributed by atoms with Crippen molar-refractivity contribution in [2.45, 2.75) is 19.2 Å². The number of aromatic amines is 1. The van der Waals surface area contributed by atoms with Gasteiger partial charge in [-0.1, -0.05) is 6.07 Å². The molecule has 0 spiro atoms. The lowest BCUT2D eigenvalue weighted by Crippen LogP contribution is -2.31. The number of halogens is 3. The molecule has 1 unspecified atom stereocenters. The third-order valence-electron chi connectivity index (χ3n) is 2.50. The van der Waals surface area contributed by atoms with Gasteiger partial charge in [0.1, 0.15) is 18.4 Å². The maximum Gasteiger partial charge on any atom is 0.411 e. The Bertz CT molecular complexity index is 629. The summed E-state index contributed by atoms with van der Waals surface area (Å²) in [5.41, 5.74) is 0.511. The van der Waals surface area contributed by atoms with Crippen LogP contribution in [0.15, 0.2) is 24.4 Å². The lowest BCUT2D eigenvalue weighted by molar-refractivity contribution is -0.184. The number of H-pyrrole nitrogens is 1. The van der Waals surface area contributed by atoms with Crippen LogP contribution in [-0.2, 0) is 9.53 Å². The second-order valence-electron chi connectivity index (χ2n) is 4.29. The van der Waals surface area contributed by atoms with E-state index in [1.54, 1.807) is 24.4 Å². The van der Waals surface area contributed by atoms with Crippen LogP contribution in [0.25, 0.3) is 11.5 Å². The lowest BCUT2D eigenvalue weighted by atomic mass is 10.3. The summed E-state index contributed by atoms with van der Waals surface area (Å²) in [5.74, 6) is -0.458. The molecule has 2 heterocycles. The Kier molecular flexibility index (Phi) is 4.71. The maximum atomic E-state index is 12.0. The lowest BCUT2D eigenvalue weighted by Gasteiger charge is -2.13. The third-order valence-corrected chi connectivity index (χ3v) is 2.50. The van der Waals surface area contributed by atoms with Gasteiger partial charge in [-0.2, -0.15) is 13.2 Å². The fourth-order valence-corrected chi connectivity index (χ4v) is 1.45. The van der Waals surface area contributed by atoms with Gasteiger partial charge in [-0.25, -0.2) is 0 Å². The van der Waals surface area contributed by atoms with Crippen LogP contribution in [0.3, 0.4) is 0 Å². The van der Waals surface area contributed by atoms with E-state index < -0.39 is 24.8 Å². The highest BCUT2D eigenvalue weighted by Crippen LogP contribution is 2.16. The molecule has 7 nitrogen and oxygen atoms in total. The Hall–Kier alpha value is -2.49. The predicted octanol–water partition coefficient (Wildman–Crippen LogP) is 1.77. The number of carbonyl (C=O) groups excluding carboxylic acids is 1. The van der Waals surface area contributed by atoms with Gasteiger partial charge < -0.3 is 9.72 Å². The van der Waals surface area contributed by atoms with Gasteiger partial charge in [-0.05, 0) is 19.1 Å². The fourth-order valence-electron chi connectivity index (χ4n) is 1.45. The second-order valence-corrected chi connectivity index (χ2v) is 4.29. The van der Waals surface area contributed by atoms with Crippen LogP contribution in [0.5, 0.6) is 0 Å². The summed E-state index contributed by atoms with van der Waals surface area (Å²) >= 11 is 0. The molecule has 0 saturated carbocycles. The van der Waals surface area contributed by atoms with Gasteiger partial charge in [-0.15, -0.1) is 10.2 Å². The highest BCUT2D eigenvalue weighted by molar-refractivity contribution is 5.92. The first-order valence-corrected chi connectivity index (χ1v) is 6.18. The van der Waals surface area contributed by atoms with Crippen LogP contribution < -0.4 is 5.32 Å². The highest BCUT2D eigenvalue weighted by atomic mass is 19.4. The van der Waals surface area contributed by atoms with Crippen molar-refractivity contribution in [1.82, 2.24) is 20.2 Å². The minimum atomic E-state index is -4.49. The van der Waals surface area contributed by atoms with Crippen molar-refractivity contribution in [1.29, 1.82) is 0 Å². The molecule has 2 rings (SSSR count). The van der Waals surface area contributed by atoms with Gasteiger partial charge >= 0.3 is 6.18 Å². The number of alkyl halides is 3. The summed E-state index contributed by atoms with van der Waals surface area (Å²) in [6.45, 7) is -0.297. The van der Waals surface area contributed by atoms with Crippen LogP contribution in [-0.4, -0.2) is 45.0 Å². The van der Waals surface area contributed by atoms with Gasteiger partial charge in [-0.3, -0.25) is 15.1 Å². The summed E-state index contributed by atoms with van der Waals surface area (Å²) in [4.78, 5) is 18.4. The van der Waals surface area contributed by atoms with Crippen LogP contribution in [0.4, 0.5) is 19.1 Å². The number of nitrogens with one attached hydrogen (secondary N) is 2. The van der Waals surface area contributed by atoms with E-state index in [4.69, 9.17) is 0 Å². The molecule has 1 atom stereocenters. The molecule has 1 amide bonds. The molecule has 2 N–H and O–H groups in total. The summed E-state index contributed by atoms with van der Waals surface area (Å²) in [6, 6.07) is 5.15. The molecule has 2 aromatic rings. The van der Waals surface area contributed by atoms with Gasteiger partial charge in [0.15, 0.2) is 5.82 Å². The topological polar surface area (TPSA) is 92.8 Å². The van der Waals surface area contributed by atoms with Crippen LogP contribution in [0, 0.1) is 0 Å². The van der Waals surface area contributed by atoms with E-state index >= 15 is 0 Å². The van der Waals surface area contributed by atoms with Crippen molar-refractivity contribution in [3.63, 3.8) is 0 Å². The Morgan fingerprint density at radius 1 is 1.41 bits per heavy atom. The number of hydrogen-bond acceptors (Lipinski definition) is 5. The zero-order valence-corrected chi connectivity index (χ0v) is 11.4. The zero-order valence-electron chi connectivity index (χ0n) is 11.4. The Morgan fingerprint density at radius 3 is 2.82 bits per heavy atom. The number of carbonyl (C=O) groups is 1. The number of pyridine rings is 1. The van der Waals surface area contributed by atoms with E-state index in [1.165, 1.54) is 6.92 Å². The Labute approximate surface area is 122 Å². The van der Waals surface area contributed by atoms with Crippen molar-refractivity contribution in [3.05, 3.63) is 24.4 Å². The molecule has 10 heteroatoms. The van der Waals surface area contributed by atoms with E-state index in [0.717, 1.165) is 0 Å². The first-order chi connectivity index (χ1) is 10.3. The van der Waals surface area contributed by atoms with Gasteiger partial charge in [0.25, 0.3) is 5.91 Å². The van der Waals surface area contributed by atoms with Crippen molar-refractivity contribution in [3.8, 4) is 11.5 Å². The summed E-state index contributed by atoms with van der Waals surface area (Å²) in [6.07, 6.45) is -4.22. The largest absolute Gasteiger partial charge is 0.411 e. The molecular weight excluding hydrogens is 303 g/mol. The van der Waals surface area contributed by atoms with E-state index in [1.807, 2.05) is 0 Å². The number of anilines is 1. The van der Waals surface area contributed by atoms with Crippen LogP contribution >= 0.6 is 0 Å². The molecule has 0 aliphatic heterocycles. The first-order valence-electron chi connectivity index (χ1n) is 6.18. The van der Waals surface area contributed by atoms with E-state index in [2.05, 4.69) is 30.2 Å². The standard InChI is InChI=1S/C12H12F3N5O2/c1-7(22-6-12(13,14)15)10(21)18-11-17-9(19-20-11)8-4-2-3-5-16-8/h2-5,7H,6H2,1H3,(H2,17,18,19,20,21). The van der Waals surface area contributed by atoms with Crippen LogP contribution in [0.1, 0.15) is 6.92 Å². The molecule has 0 saturated heterocycles. The highest BCUT2D eigenvalue weighted by Gasteiger charge is 2.30. The quantitative estimate of drug-likeness (QED) is 0.877. The molecule has 0 aliphatic rings. The molecule has 118 valence electrons. The Morgan fingerprint density at radius 2 is 2.18 bits per heavy atom. The monoisotopic (exact) mass is 315 g/mol. The third kappa shape index (κ3) is 4.52. The number of nitrogens with zero attached hydrogens (tertiary/aromatic N) is 3. The summed E-state index contributed by atoms with van der Waals surface area (Å²) in [7, 11) is 0. The molecule has 0 fully saturated rings. The minimum Gasteiger partial charge on any atom is -0.359 e. The molecule has 0 aliphatic carbocycles. The molecule has 0 aromatic carbocycles. The predicted molar refractivity (Wildman–Crippen MR) is 69.7 cm³/mol. The van der Waals surface area contributed by atoms with Crippen molar-refractivity contribution in [2.24, 2.45) is 0 Å². The SMILES string of the molecule is CC(OCC(F)(F)F)C(=O)Nc1nnc(-c2ccccn2)[nH]1. The summed E-state index contributed by atoms with van der Waals surface area (Å²) in [5, 5.41) is 9.73. The number of aromatic nitrogens is 4.